The van der Waals surface area contributed by atoms with Gasteiger partial charge in [-0.15, -0.1) is 0 Å². The van der Waals surface area contributed by atoms with E-state index in [9.17, 15) is 9.90 Å². The molecule has 1 fully saturated rings. The Hall–Kier alpha value is -3.81. The molecule has 182 valence electrons. The molecule has 0 atom stereocenters. The summed E-state index contributed by atoms with van der Waals surface area (Å²) in [4.78, 5) is 27.1. The van der Waals surface area contributed by atoms with Gasteiger partial charge >= 0.3 is 5.97 Å². The lowest BCUT2D eigenvalue weighted by molar-refractivity contribution is 0.0696. The SMILES string of the molecule is CCN1C/C(=C\c2cc3ccccc3nc2N2CCOCC2)c2nc3ccccc3c(C(=O)O)c2C1. The molecule has 4 heterocycles. The van der Waals surface area contributed by atoms with E-state index in [0.29, 0.717) is 42.8 Å². The first-order valence-corrected chi connectivity index (χ1v) is 12.4. The van der Waals surface area contributed by atoms with Gasteiger partial charge in [-0.05, 0) is 36.4 Å². The summed E-state index contributed by atoms with van der Waals surface area (Å²) in [6.07, 6.45) is 2.16. The van der Waals surface area contributed by atoms with Gasteiger partial charge in [0.1, 0.15) is 5.82 Å². The number of hydrogen-bond donors (Lipinski definition) is 1. The number of pyridine rings is 2. The maximum absolute atomic E-state index is 12.5. The van der Waals surface area contributed by atoms with Crippen molar-refractivity contribution in [3.63, 3.8) is 0 Å². The average molecular weight is 481 g/mol. The Kier molecular flexibility index (Phi) is 5.87. The minimum atomic E-state index is -0.913. The molecule has 0 unspecified atom stereocenters. The number of likely N-dealkylation sites (N-methyl/N-ethyl adjacent to an activating group) is 1. The van der Waals surface area contributed by atoms with Gasteiger partial charge < -0.3 is 14.7 Å². The number of morpholine rings is 1. The number of carboxylic acids is 1. The van der Waals surface area contributed by atoms with E-state index in [0.717, 1.165) is 58.7 Å². The molecule has 2 aliphatic heterocycles. The second kappa shape index (κ2) is 9.33. The van der Waals surface area contributed by atoms with Gasteiger partial charge in [-0.3, -0.25) is 4.90 Å². The standard InChI is InChI=1S/C29H28N4O3/c1-2-32-17-21(27-23(18-32)26(29(34)35)22-8-4-6-10-25(22)30-27)16-20-15-19-7-3-5-9-24(19)31-28(20)33-11-13-36-14-12-33/h3-10,15-16H,2,11-14,17-18H2,1H3,(H,34,35)/b21-16+. The van der Waals surface area contributed by atoms with Crippen LogP contribution in [0.1, 0.15) is 34.1 Å². The Balaban J connectivity index is 1.59. The number of ether oxygens (including phenoxy) is 1. The van der Waals surface area contributed by atoms with Crippen LogP contribution < -0.4 is 4.90 Å². The first kappa shape index (κ1) is 22.6. The van der Waals surface area contributed by atoms with Gasteiger partial charge in [-0.1, -0.05) is 43.3 Å². The van der Waals surface area contributed by atoms with Crippen LogP contribution in [0.5, 0.6) is 0 Å². The zero-order valence-corrected chi connectivity index (χ0v) is 20.3. The maximum Gasteiger partial charge on any atom is 0.336 e. The van der Waals surface area contributed by atoms with E-state index >= 15 is 0 Å². The lowest BCUT2D eigenvalue weighted by Crippen LogP contribution is -2.37. The molecule has 7 nitrogen and oxygen atoms in total. The summed E-state index contributed by atoms with van der Waals surface area (Å²) in [6, 6.07) is 17.9. The molecule has 6 rings (SSSR count). The van der Waals surface area contributed by atoms with E-state index < -0.39 is 5.97 Å². The number of benzene rings is 2. The summed E-state index contributed by atoms with van der Waals surface area (Å²) >= 11 is 0. The molecule has 0 spiro atoms. The molecular formula is C29H28N4O3. The Morgan fingerprint density at radius 2 is 1.78 bits per heavy atom. The van der Waals surface area contributed by atoms with E-state index in [1.807, 2.05) is 42.5 Å². The van der Waals surface area contributed by atoms with Crippen molar-refractivity contribution in [1.29, 1.82) is 0 Å². The van der Waals surface area contributed by atoms with Crippen molar-refractivity contribution in [1.82, 2.24) is 14.9 Å². The van der Waals surface area contributed by atoms with Gasteiger partial charge in [-0.2, -0.15) is 0 Å². The highest BCUT2D eigenvalue weighted by Gasteiger charge is 2.28. The number of anilines is 1. The lowest BCUT2D eigenvalue weighted by atomic mass is 9.92. The van der Waals surface area contributed by atoms with E-state index in [1.165, 1.54) is 0 Å². The molecule has 0 radical (unpaired) electrons. The second-order valence-electron chi connectivity index (χ2n) is 9.30. The number of rotatable bonds is 4. The highest BCUT2D eigenvalue weighted by Crippen LogP contribution is 2.35. The molecule has 7 heteroatoms. The summed E-state index contributed by atoms with van der Waals surface area (Å²) in [7, 11) is 0. The van der Waals surface area contributed by atoms with E-state index in [2.05, 4.69) is 34.9 Å². The van der Waals surface area contributed by atoms with E-state index in [4.69, 9.17) is 14.7 Å². The predicted molar refractivity (Wildman–Crippen MR) is 142 cm³/mol. The molecule has 4 aromatic rings. The van der Waals surface area contributed by atoms with Crippen molar-refractivity contribution >= 4 is 45.2 Å². The normalized spacial score (nSPS) is 17.6. The van der Waals surface area contributed by atoms with Crippen LogP contribution in [0.2, 0.25) is 0 Å². The van der Waals surface area contributed by atoms with Crippen LogP contribution >= 0.6 is 0 Å². The largest absolute Gasteiger partial charge is 0.478 e. The molecule has 36 heavy (non-hydrogen) atoms. The average Bonchev–Trinajstić information content (AvgIpc) is 2.91. The first-order valence-electron chi connectivity index (χ1n) is 12.4. The fraction of sp³-hybridized carbons (Fsp3) is 0.276. The summed E-state index contributed by atoms with van der Waals surface area (Å²) in [6.45, 7) is 7.09. The number of hydrogen-bond acceptors (Lipinski definition) is 6. The Morgan fingerprint density at radius 1 is 1.03 bits per heavy atom. The predicted octanol–water partition coefficient (Wildman–Crippen LogP) is 4.69. The second-order valence-corrected chi connectivity index (χ2v) is 9.30. The van der Waals surface area contributed by atoms with Gasteiger partial charge in [0.15, 0.2) is 0 Å². The third kappa shape index (κ3) is 4.00. The summed E-state index contributed by atoms with van der Waals surface area (Å²) < 4.78 is 5.59. The maximum atomic E-state index is 12.5. The summed E-state index contributed by atoms with van der Waals surface area (Å²) in [5, 5.41) is 12.0. The number of fused-ring (bicyclic) bond motifs is 3. The molecule has 1 N–H and O–H groups in total. The van der Waals surface area contributed by atoms with Crippen LogP contribution in [-0.2, 0) is 11.3 Å². The fourth-order valence-electron chi connectivity index (χ4n) is 5.29. The van der Waals surface area contributed by atoms with Gasteiger partial charge in [0.05, 0.1) is 35.5 Å². The van der Waals surface area contributed by atoms with Crippen molar-refractivity contribution in [3.05, 3.63) is 77.0 Å². The Labute approximate surface area is 209 Å². The number of carbonyl (C=O) groups is 1. The molecule has 0 amide bonds. The van der Waals surface area contributed by atoms with Gasteiger partial charge in [-0.25, -0.2) is 14.8 Å². The first-order chi connectivity index (χ1) is 17.6. The van der Waals surface area contributed by atoms with E-state index in [-0.39, 0.29) is 0 Å². The zero-order chi connectivity index (χ0) is 24.6. The lowest BCUT2D eigenvalue weighted by Gasteiger charge is -2.32. The Morgan fingerprint density at radius 3 is 2.56 bits per heavy atom. The van der Waals surface area contributed by atoms with Gasteiger partial charge in [0, 0.05) is 48.1 Å². The van der Waals surface area contributed by atoms with Crippen LogP contribution in [0.3, 0.4) is 0 Å². The topological polar surface area (TPSA) is 78.8 Å². The molecule has 0 saturated carbocycles. The number of para-hydroxylation sites is 2. The van der Waals surface area contributed by atoms with Crippen molar-refractivity contribution in [2.45, 2.75) is 13.5 Å². The summed E-state index contributed by atoms with van der Waals surface area (Å²) in [5.74, 6) is 0.0162. The zero-order valence-electron chi connectivity index (χ0n) is 20.3. The van der Waals surface area contributed by atoms with Crippen LogP contribution in [0.25, 0.3) is 33.5 Å². The van der Waals surface area contributed by atoms with Crippen molar-refractivity contribution < 1.29 is 14.6 Å². The van der Waals surface area contributed by atoms with Gasteiger partial charge in [0.2, 0.25) is 0 Å². The molecule has 1 saturated heterocycles. The molecule has 2 aliphatic rings. The smallest absolute Gasteiger partial charge is 0.336 e. The number of aromatic carboxylic acids is 1. The van der Waals surface area contributed by atoms with Crippen LogP contribution in [-0.4, -0.2) is 65.3 Å². The van der Waals surface area contributed by atoms with Crippen molar-refractivity contribution in [2.75, 3.05) is 44.3 Å². The van der Waals surface area contributed by atoms with Crippen LogP contribution in [0.15, 0.2) is 54.6 Å². The highest BCUT2D eigenvalue weighted by atomic mass is 16.5. The molecule has 0 bridgehead atoms. The molecule has 2 aromatic carbocycles. The highest BCUT2D eigenvalue weighted by molar-refractivity contribution is 6.06. The fourth-order valence-corrected chi connectivity index (χ4v) is 5.29. The monoisotopic (exact) mass is 480 g/mol. The van der Waals surface area contributed by atoms with Crippen LogP contribution in [0, 0.1) is 0 Å². The quantitative estimate of drug-likeness (QED) is 0.454. The number of nitrogens with zero attached hydrogens (tertiary/aromatic N) is 4. The van der Waals surface area contributed by atoms with E-state index in [1.54, 1.807) is 0 Å². The number of carboxylic acid groups (broad SMARTS) is 1. The Bertz CT molecular complexity index is 1510. The minimum absolute atomic E-state index is 0.352. The van der Waals surface area contributed by atoms with Crippen molar-refractivity contribution in [3.8, 4) is 0 Å². The molecule has 2 aromatic heterocycles. The van der Waals surface area contributed by atoms with Gasteiger partial charge in [0.25, 0.3) is 0 Å². The summed E-state index contributed by atoms with van der Waals surface area (Å²) in [5.41, 5.74) is 5.59. The minimum Gasteiger partial charge on any atom is -0.478 e. The third-order valence-electron chi connectivity index (χ3n) is 7.11. The number of aromatic nitrogens is 2. The third-order valence-corrected chi connectivity index (χ3v) is 7.11. The van der Waals surface area contributed by atoms with Crippen molar-refractivity contribution in [2.24, 2.45) is 0 Å². The molecule has 0 aliphatic carbocycles. The molecular weight excluding hydrogens is 452 g/mol. The van der Waals surface area contributed by atoms with Crippen LogP contribution in [0.4, 0.5) is 5.82 Å².